The summed E-state index contributed by atoms with van der Waals surface area (Å²) < 4.78 is 21.5. The van der Waals surface area contributed by atoms with Gasteiger partial charge in [0, 0.05) is 11.8 Å². The molecule has 0 aliphatic carbocycles. The van der Waals surface area contributed by atoms with Crippen molar-refractivity contribution in [2.24, 2.45) is 0 Å². The Bertz CT molecular complexity index is 1220. The minimum absolute atomic E-state index is 0.136. The zero-order valence-corrected chi connectivity index (χ0v) is 18.8. The number of carbonyl (C=O) groups is 3. The first-order valence-electron chi connectivity index (χ1n) is 10.1. The number of rotatable bonds is 7. The number of hydrogen-bond donors (Lipinski definition) is 1. The minimum atomic E-state index is -0.573. The smallest absolute Gasteiger partial charge is 0.294 e. The summed E-state index contributed by atoms with van der Waals surface area (Å²) in [5.74, 6) is 0.753. The first kappa shape index (κ1) is 23.0. The number of nitrogens with one attached hydrogen (secondary N) is 1. The summed E-state index contributed by atoms with van der Waals surface area (Å²) in [5, 5.41) is 10.8. The lowest BCUT2D eigenvalue weighted by Gasteiger charge is -2.19. The van der Waals surface area contributed by atoms with Crippen LogP contribution in [0.2, 0.25) is 0 Å². The Morgan fingerprint density at radius 1 is 1.18 bits per heavy atom. The highest BCUT2D eigenvalue weighted by Crippen LogP contribution is 2.35. The molecule has 1 fully saturated rings. The van der Waals surface area contributed by atoms with Gasteiger partial charge in [-0.1, -0.05) is 6.07 Å². The van der Waals surface area contributed by atoms with Crippen LogP contribution in [0.15, 0.2) is 41.3 Å². The van der Waals surface area contributed by atoms with Gasteiger partial charge in [0.2, 0.25) is 5.91 Å². The quantitative estimate of drug-likeness (QED) is 0.594. The van der Waals surface area contributed by atoms with Crippen LogP contribution >= 0.6 is 11.8 Å². The molecule has 174 valence electrons. The molecule has 10 nitrogen and oxygen atoms in total. The fraction of sp³-hybridized carbons (Fsp3) is 0.217. The molecule has 2 heterocycles. The van der Waals surface area contributed by atoms with Crippen molar-refractivity contribution in [3.05, 3.63) is 46.9 Å². The Morgan fingerprint density at radius 2 is 1.97 bits per heavy atom. The van der Waals surface area contributed by atoms with Crippen LogP contribution in [0.25, 0.3) is 6.08 Å². The number of methoxy groups -OCH3 is 1. The van der Waals surface area contributed by atoms with Gasteiger partial charge in [-0.3, -0.25) is 19.3 Å². The van der Waals surface area contributed by atoms with Gasteiger partial charge in [0.15, 0.2) is 29.6 Å². The Hall–Kier alpha value is -4.17. The van der Waals surface area contributed by atoms with E-state index < -0.39 is 23.6 Å². The summed E-state index contributed by atoms with van der Waals surface area (Å²) in [6.07, 6.45) is 1.53. The Kier molecular flexibility index (Phi) is 6.89. The van der Waals surface area contributed by atoms with E-state index in [9.17, 15) is 14.4 Å². The molecule has 0 radical (unpaired) electrons. The topological polar surface area (TPSA) is 127 Å². The van der Waals surface area contributed by atoms with Crippen molar-refractivity contribution in [1.29, 1.82) is 5.26 Å². The zero-order valence-electron chi connectivity index (χ0n) is 18.0. The second-order valence-electron chi connectivity index (χ2n) is 7.03. The van der Waals surface area contributed by atoms with Crippen molar-refractivity contribution >= 4 is 40.6 Å². The second-order valence-corrected chi connectivity index (χ2v) is 8.02. The predicted molar refractivity (Wildman–Crippen MR) is 123 cm³/mol. The predicted octanol–water partition coefficient (Wildman–Crippen LogP) is 3.04. The summed E-state index contributed by atoms with van der Waals surface area (Å²) in [6, 6.07) is 11.7. The summed E-state index contributed by atoms with van der Waals surface area (Å²) in [5.41, 5.74) is 1.05. The van der Waals surface area contributed by atoms with Gasteiger partial charge >= 0.3 is 0 Å². The molecule has 4 rings (SSSR count). The minimum Gasteiger partial charge on any atom is -0.493 e. The number of benzene rings is 2. The summed E-state index contributed by atoms with van der Waals surface area (Å²) in [4.78, 5) is 38.7. The molecule has 2 aliphatic heterocycles. The first-order valence-corrected chi connectivity index (χ1v) is 10.9. The Morgan fingerprint density at radius 3 is 2.74 bits per heavy atom. The van der Waals surface area contributed by atoms with Crippen LogP contribution in [0.5, 0.6) is 23.0 Å². The van der Waals surface area contributed by atoms with E-state index in [0.29, 0.717) is 47.5 Å². The number of hydrogen-bond acceptors (Lipinski definition) is 9. The number of imide groups is 1. The van der Waals surface area contributed by atoms with Gasteiger partial charge in [0.05, 0.1) is 12.0 Å². The number of carbonyl (C=O) groups excluding carboxylic acids is 3. The molecule has 1 saturated heterocycles. The number of anilines is 1. The lowest BCUT2D eigenvalue weighted by atomic mass is 10.2. The molecule has 0 unspecified atom stereocenters. The number of fused-ring (bicyclic) bond motifs is 1. The molecule has 2 aromatic rings. The molecule has 2 aliphatic rings. The van der Waals surface area contributed by atoms with Gasteiger partial charge in [-0.15, -0.1) is 0 Å². The van der Waals surface area contributed by atoms with Gasteiger partial charge in [-0.05, 0) is 47.7 Å². The van der Waals surface area contributed by atoms with Gasteiger partial charge in [-0.2, -0.15) is 5.26 Å². The van der Waals surface area contributed by atoms with Gasteiger partial charge in [0.1, 0.15) is 25.8 Å². The average Bonchev–Trinajstić information content (AvgIpc) is 3.10. The SMILES string of the molecule is COc1cc(/C=C2\SC(=O)N(CC(=O)Nc3ccc4c(c3)OCCO4)C2=O)ccc1OCC#N. The molecule has 11 heteroatoms. The summed E-state index contributed by atoms with van der Waals surface area (Å²) in [6.45, 7) is 0.302. The highest BCUT2D eigenvalue weighted by atomic mass is 32.2. The van der Waals surface area contributed by atoms with Gasteiger partial charge < -0.3 is 24.3 Å². The fourth-order valence-corrected chi connectivity index (χ4v) is 4.09. The lowest BCUT2D eigenvalue weighted by Crippen LogP contribution is -2.36. The number of thioether (sulfide) groups is 1. The Balaban J connectivity index is 1.43. The molecule has 0 bridgehead atoms. The summed E-state index contributed by atoms with van der Waals surface area (Å²) >= 11 is 0.742. The molecular weight excluding hydrogens is 462 g/mol. The van der Waals surface area contributed by atoms with Crippen LogP contribution in [0.3, 0.4) is 0 Å². The van der Waals surface area contributed by atoms with Crippen molar-refractivity contribution in [3.8, 4) is 29.1 Å². The zero-order chi connectivity index (χ0) is 24.1. The maximum absolute atomic E-state index is 12.8. The van der Waals surface area contributed by atoms with Crippen LogP contribution in [0.4, 0.5) is 10.5 Å². The third-order valence-corrected chi connectivity index (χ3v) is 5.69. The van der Waals surface area contributed by atoms with E-state index in [1.165, 1.54) is 13.2 Å². The van der Waals surface area contributed by atoms with Gasteiger partial charge in [-0.25, -0.2) is 0 Å². The van der Waals surface area contributed by atoms with Crippen molar-refractivity contribution in [1.82, 2.24) is 4.90 Å². The molecule has 0 aromatic heterocycles. The van der Waals surface area contributed by atoms with E-state index in [1.54, 1.807) is 36.4 Å². The highest BCUT2D eigenvalue weighted by molar-refractivity contribution is 8.18. The van der Waals surface area contributed by atoms with E-state index in [1.807, 2.05) is 6.07 Å². The normalized spacial score (nSPS) is 15.8. The lowest BCUT2D eigenvalue weighted by molar-refractivity contribution is -0.127. The first-order chi connectivity index (χ1) is 16.5. The number of amides is 3. The van der Waals surface area contributed by atoms with Gasteiger partial charge in [0.25, 0.3) is 11.1 Å². The maximum Gasteiger partial charge on any atom is 0.294 e. The van der Waals surface area contributed by atoms with E-state index in [-0.39, 0.29) is 11.5 Å². The van der Waals surface area contributed by atoms with E-state index in [0.717, 1.165) is 16.7 Å². The number of nitrogens with zero attached hydrogens (tertiary/aromatic N) is 2. The number of ether oxygens (including phenoxy) is 4. The van der Waals surface area contributed by atoms with Crippen molar-refractivity contribution in [2.45, 2.75) is 0 Å². The summed E-state index contributed by atoms with van der Waals surface area (Å²) in [7, 11) is 1.45. The average molecular weight is 481 g/mol. The van der Waals surface area contributed by atoms with E-state index >= 15 is 0 Å². The molecule has 3 amide bonds. The standard InChI is InChI=1S/C23H19N3O7S/c1-30-18-10-14(2-4-16(18)31-7-6-24)11-20-22(28)26(23(29)34-20)13-21(27)25-15-3-5-17-19(12-15)33-9-8-32-17/h2-5,10-12H,7-9,13H2,1H3,(H,25,27)/b20-11-. The number of nitriles is 1. The largest absolute Gasteiger partial charge is 0.493 e. The fourth-order valence-electron chi connectivity index (χ4n) is 3.26. The highest BCUT2D eigenvalue weighted by Gasteiger charge is 2.36. The third kappa shape index (κ3) is 5.07. The van der Waals surface area contributed by atoms with E-state index in [2.05, 4.69) is 5.32 Å². The molecule has 2 aromatic carbocycles. The molecular formula is C23H19N3O7S. The van der Waals surface area contributed by atoms with E-state index in [4.69, 9.17) is 24.2 Å². The molecule has 0 atom stereocenters. The van der Waals surface area contributed by atoms with Crippen molar-refractivity contribution in [2.75, 3.05) is 38.8 Å². The van der Waals surface area contributed by atoms with Crippen LogP contribution in [0.1, 0.15) is 5.56 Å². The van der Waals surface area contributed by atoms with Crippen LogP contribution in [0, 0.1) is 11.3 Å². The molecule has 0 spiro atoms. The van der Waals surface area contributed by atoms with Crippen molar-refractivity contribution in [3.63, 3.8) is 0 Å². The Labute approximate surface area is 199 Å². The molecule has 0 saturated carbocycles. The van der Waals surface area contributed by atoms with Crippen LogP contribution in [-0.2, 0) is 9.59 Å². The molecule has 34 heavy (non-hydrogen) atoms. The second kappa shape index (κ2) is 10.2. The van der Waals surface area contributed by atoms with Crippen molar-refractivity contribution < 1.29 is 33.3 Å². The van der Waals surface area contributed by atoms with Crippen LogP contribution in [-0.4, -0.2) is 55.4 Å². The maximum atomic E-state index is 12.8. The molecule has 1 N–H and O–H groups in total. The van der Waals surface area contributed by atoms with Crippen LogP contribution < -0.4 is 24.3 Å². The third-order valence-electron chi connectivity index (χ3n) is 4.78. The monoisotopic (exact) mass is 481 g/mol.